The number of aliphatic hydroxyl groups excluding tert-OH is 1. The van der Waals surface area contributed by atoms with Gasteiger partial charge < -0.3 is 15.7 Å². The van der Waals surface area contributed by atoms with Gasteiger partial charge in [-0.1, -0.05) is 0 Å². The largest absolute Gasteiger partial charge is 0.396 e. The van der Waals surface area contributed by atoms with Gasteiger partial charge in [-0.3, -0.25) is 4.98 Å². The molecule has 4 nitrogen and oxygen atoms in total. The summed E-state index contributed by atoms with van der Waals surface area (Å²) < 4.78 is 12.8. The quantitative estimate of drug-likeness (QED) is 0.844. The summed E-state index contributed by atoms with van der Waals surface area (Å²) in [5, 5.41) is 9.09. The van der Waals surface area contributed by atoms with Gasteiger partial charge in [-0.2, -0.15) is 0 Å². The lowest BCUT2D eigenvalue weighted by molar-refractivity contribution is 0.129. The third-order valence-corrected chi connectivity index (χ3v) is 3.85. The molecule has 19 heavy (non-hydrogen) atoms. The Morgan fingerprint density at radius 3 is 2.74 bits per heavy atom. The summed E-state index contributed by atoms with van der Waals surface area (Å²) in [7, 11) is 0. The molecule has 2 heterocycles. The van der Waals surface area contributed by atoms with E-state index in [9.17, 15) is 4.39 Å². The van der Waals surface area contributed by atoms with Gasteiger partial charge >= 0.3 is 0 Å². The smallest absolute Gasteiger partial charge is 0.141 e. The van der Waals surface area contributed by atoms with E-state index in [1.54, 1.807) is 6.07 Å². The molecule has 0 bridgehead atoms. The fourth-order valence-electron chi connectivity index (χ4n) is 2.47. The summed E-state index contributed by atoms with van der Waals surface area (Å²) >= 11 is 0. The van der Waals surface area contributed by atoms with Gasteiger partial charge in [0.05, 0.1) is 11.9 Å². The highest BCUT2D eigenvalue weighted by atomic mass is 19.1. The number of likely N-dealkylation sites (tertiary alicyclic amines) is 1. The molecule has 1 aliphatic heterocycles. The predicted octanol–water partition coefficient (Wildman–Crippen LogP) is 1.31. The van der Waals surface area contributed by atoms with E-state index >= 15 is 0 Å². The Kier molecular flexibility index (Phi) is 5.24. The highest BCUT2D eigenvalue weighted by Gasteiger charge is 2.19. The van der Waals surface area contributed by atoms with Crippen LogP contribution in [0.4, 0.5) is 4.39 Å². The first-order valence-electron chi connectivity index (χ1n) is 6.89. The first-order valence-corrected chi connectivity index (χ1v) is 6.89. The molecule has 1 aromatic heterocycles. The van der Waals surface area contributed by atoms with Crippen molar-refractivity contribution in [2.45, 2.75) is 25.3 Å². The van der Waals surface area contributed by atoms with Crippen molar-refractivity contribution >= 4 is 0 Å². The van der Waals surface area contributed by atoms with E-state index in [4.69, 9.17) is 10.8 Å². The van der Waals surface area contributed by atoms with Gasteiger partial charge in [0.2, 0.25) is 0 Å². The molecule has 0 aliphatic carbocycles. The van der Waals surface area contributed by atoms with Crippen LogP contribution in [0, 0.1) is 11.7 Å². The lowest BCUT2D eigenvalue weighted by Crippen LogP contribution is -2.36. The van der Waals surface area contributed by atoms with Crippen molar-refractivity contribution in [3.05, 3.63) is 29.8 Å². The van der Waals surface area contributed by atoms with Crippen LogP contribution >= 0.6 is 0 Å². The van der Waals surface area contributed by atoms with Crippen molar-refractivity contribution in [3.8, 4) is 0 Å². The molecule has 106 valence electrons. The number of hydrogen-bond donors (Lipinski definition) is 2. The minimum atomic E-state index is -0.331. The fourth-order valence-corrected chi connectivity index (χ4v) is 2.47. The van der Waals surface area contributed by atoms with E-state index in [-0.39, 0.29) is 11.9 Å². The molecule has 0 radical (unpaired) electrons. The molecular weight excluding hydrogens is 245 g/mol. The van der Waals surface area contributed by atoms with Gasteiger partial charge in [0.1, 0.15) is 5.82 Å². The molecular formula is C14H22FN3O. The maximum Gasteiger partial charge on any atom is 0.141 e. The van der Waals surface area contributed by atoms with E-state index in [2.05, 4.69) is 9.88 Å². The first-order chi connectivity index (χ1) is 9.19. The Balaban J connectivity index is 1.75. The standard InChI is InChI=1S/C14H22FN3O/c15-12-1-2-14(17-9-12)13(16)5-8-18-6-3-11(10-19)4-7-18/h1-2,9,11,13,19H,3-8,10,16H2. The molecule has 5 heteroatoms. The normalized spacial score (nSPS) is 19.5. The molecule has 1 aromatic rings. The van der Waals surface area contributed by atoms with Gasteiger partial charge in [0, 0.05) is 12.6 Å². The number of aliphatic hydroxyl groups is 1. The average Bonchev–Trinajstić information content (AvgIpc) is 2.46. The molecule has 1 aliphatic rings. The summed E-state index contributed by atoms with van der Waals surface area (Å²) in [5.41, 5.74) is 6.81. The van der Waals surface area contributed by atoms with Gasteiger partial charge in [-0.05, 0) is 56.9 Å². The number of aromatic nitrogens is 1. The van der Waals surface area contributed by atoms with Crippen LogP contribution in [0.1, 0.15) is 31.0 Å². The van der Waals surface area contributed by atoms with E-state index in [0.717, 1.165) is 44.6 Å². The molecule has 0 amide bonds. The molecule has 1 atom stereocenters. The first kappa shape index (κ1) is 14.4. The number of hydrogen-bond acceptors (Lipinski definition) is 4. The SMILES string of the molecule is NC(CCN1CCC(CO)CC1)c1ccc(F)cn1. The summed E-state index contributed by atoms with van der Waals surface area (Å²) in [5.74, 6) is 0.130. The molecule has 2 rings (SSSR count). The van der Waals surface area contributed by atoms with Crippen LogP contribution in [0.5, 0.6) is 0 Å². The highest BCUT2D eigenvalue weighted by Crippen LogP contribution is 2.18. The minimum absolute atomic E-state index is 0.142. The maximum absolute atomic E-state index is 12.8. The van der Waals surface area contributed by atoms with Crippen molar-refractivity contribution in [3.63, 3.8) is 0 Å². The second-order valence-corrected chi connectivity index (χ2v) is 5.26. The van der Waals surface area contributed by atoms with E-state index < -0.39 is 0 Å². The Hall–Kier alpha value is -1.04. The number of piperidine rings is 1. The molecule has 1 fully saturated rings. The monoisotopic (exact) mass is 267 g/mol. The third-order valence-electron chi connectivity index (χ3n) is 3.85. The van der Waals surface area contributed by atoms with E-state index in [1.165, 1.54) is 12.3 Å². The lowest BCUT2D eigenvalue weighted by atomic mass is 9.97. The van der Waals surface area contributed by atoms with Crippen LogP contribution in [0.2, 0.25) is 0 Å². The number of nitrogens with two attached hydrogens (primary N) is 1. The maximum atomic E-state index is 12.8. The van der Waals surface area contributed by atoms with Crippen LogP contribution in [0.3, 0.4) is 0 Å². The number of halogens is 1. The molecule has 0 spiro atoms. The summed E-state index contributed by atoms with van der Waals surface area (Å²) in [6, 6.07) is 2.91. The Bertz CT molecular complexity index is 377. The van der Waals surface area contributed by atoms with Gasteiger partial charge in [0.15, 0.2) is 0 Å². The van der Waals surface area contributed by atoms with Crippen molar-refractivity contribution in [2.75, 3.05) is 26.2 Å². The minimum Gasteiger partial charge on any atom is -0.396 e. The number of rotatable bonds is 5. The van der Waals surface area contributed by atoms with Crippen molar-refractivity contribution in [2.24, 2.45) is 11.7 Å². The summed E-state index contributed by atoms with van der Waals surface area (Å²) in [6.45, 7) is 3.27. The van der Waals surface area contributed by atoms with Crippen LogP contribution in [-0.4, -0.2) is 41.2 Å². The molecule has 1 unspecified atom stereocenters. The van der Waals surface area contributed by atoms with Crippen molar-refractivity contribution in [1.29, 1.82) is 0 Å². The summed E-state index contributed by atoms with van der Waals surface area (Å²) in [6.07, 6.45) is 4.14. The fraction of sp³-hybridized carbons (Fsp3) is 0.643. The van der Waals surface area contributed by atoms with E-state index in [1.807, 2.05) is 0 Å². The predicted molar refractivity (Wildman–Crippen MR) is 72.0 cm³/mol. The van der Waals surface area contributed by atoms with Gasteiger partial charge in [-0.25, -0.2) is 4.39 Å². The van der Waals surface area contributed by atoms with Gasteiger partial charge in [-0.15, -0.1) is 0 Å². The second kappa shape index (κ2) is 6.93. The van der Waals surface area contributed by atoms with Crippen molar-refractivity contribution in [1.82, 2.24) is 9.88 Å². The van der Waals surface area contributed by atoms with Crippen LogP contribution < -0.4 is 5.73 Å². The average molecular weight is 267 g/mol. The Morgan fingerprint density at radius 1 is 1.42 bits per heavy atom. The van der Waals surface area contributed by atoms with E-state index in [0.29, 0.717) is 12.5 Å². The third kappa shape index (κ3) is 4.23. The molecule has 3 N–H and O–H groups in total. The van der Waals surface area contributed by atoms with Crippen LogP contribution in [0.15, 0.2) is 18.3 Å². The second-order valence-electron chi connectivity index (χ2n) is 5.26. The number of pyridine rings is 1. The zero-order chi connectivity index (χ0) is 13.7. The van der Waals surface area contributed by atoms with Crippen LogP contribution in [-0.2, 0) is 0 Å². The molecule has 0 aromatic carbocycles. The van der Waals surface area contributed by atoms with Gasteiger partial charge in [0.25, 0.3) is 0 Å². The Labute approximate surface area is 113 Å². The molecule has 0 saturated carbocycles. The van der Waals surface area contributed by atoms with Crippen molar-refractivity contribution < 1.29 is 9.50 Å². The molecule has 1 saturated heterocycles. The summed E-state index contributed by atoms with van der Waals surface area (Å²) in [4.78, 5) is 6.39. The lowest BCUT2D eigenvalue weighted by Gasteiger charge is -2.31. The number of nitrogens with zero attached hydrogens (tertiary/aromatic N) is 2. The zero-order valence-electron chi connectivity index (χ0n) is 11.1. The Morgan fingerprint density at radius 2 is 2.16 bits per heavy atom. The highest BCUT2D eigenvalue weighted by molar-refractivity contribution is 5.09. The topological polar surface area (TPSA) is 62.4 Å². The zero-order valence-corrected chi connectivity index (χ0v) is 11.1. The van der Waals surface area contributed by atoms with Crippen LogP contribution in [0.25, 0.3) is 0 Å².